The molecule has 0 fully saturated rings. The van der Waals surface area contributed by atoms with Crippen LogP contribution in [0.25, 0.3) is 12.2 Å². The van der Waals surface area contributed by atoms with Gasteiger partial charge in [0.05, 0.1) is 20.3 Å². The smallest absolute Gasteiger partial charge is 0.354 e. The molecule has 0 bridgehead atoms. The Bertz CT molecular complexity index is 1180. The SMILES string of the molecule is CCCCOc1ccc(/C=C(\C#N)C(=O)Oc2ccc(/C=C(\C#N)C(=O)OCC)cc2OC)cc1. The maximum absolute atomic E-state index is 12.6. The van der Waals surface area contributed by atoms with E-state index in [4.69, 9.17) is 18.9 Å². The highest BCUT2D eigenvalue weighted by molar-refractivity contribution is 5.99. The fourth-order valence-electron chi connectivity index (χ4n) is 2.82. The maximum Gasteiger partial charge on any atom is 0.354 e. The summed E-state index contributed by atoms with van der Waals surface area (Å²) < 4.78 is 21.1. The van der Waals surface area contributed by atoms with E-state index in [1.165, 1.54) is 37.5 Å². The van der Waals surface area contributed by atoms with Crippen LogP contribution in [-0.4, -0.2) is 32.3 Å². The minimum absolute atomic E-state index is 0.0742. The van der Waals surface area contributed by atoms with Crippen LogP contribution in [0.15, 0.2) is 53.6 Å². The van der Waals surface area contributed by atoms with Crippen LogP contribution in [0.5, 0.6) is 17.2 Å². The van der Waals surface area contributed by atoms with Crippen molar-refractivity contribution in [2.75, 3.05) is 20.3 Å². The highest BCUT2D eigenvalue weighted by Gasteiger charge is 2.16. The topological polar surface area (TPSA) is 119 Å². The summed E-state index contributed by atoms with van der Waals surface area (Å²) in [6, 6.07) is 15.1. The van der Waals surface area contributed by atoms with E-state index < -0.39 is 11.9 Å². The Morgan fingerprint density at radius 1 is 0.886 bits per heavy atom. The standard InChI is InChI=1S/C27H26N2O6/c1-4-6-13-34-23-10-7-19(8-11-23)14-22(18-29)27(31)35-24-12-9-20(16-25(24)32-3)15-21(17-28)26(30)33-5-2/h7-12,14-16H,4-6,13H2,1-3H3/b21-15+,22-14+. The first kappa shape index (κ1) is 26.7. The molecular formula is C27H26N2O6. The second kappa shape index (κ2) is 13.9. The van der Waals surface area contributed by atoms with Crippen LogP contribution in [-0.2, 0) is 14.3 Å². The Kier molecular flexibility index (Phi) is 10.6. The predicted molar refractivity (Wildman–Crippen MR) is 129 cm³/mol. The monoisotopic (exact) mass is 474 g/mol. The average Bonchev–Trinajstić information content (AvgIpc) is 2.87. The van der Waals surface area contributed by atoms with Crippen LogP contribution in [0.4, 0.5) is 0 Å². The fourth-order valence-corrected chi connectivity index (χ4v) is 2.82. The molecule has 2 rings (SSSR count). The Hall–Kier alpha value is -4.56. The third kappa shape index (κ3) is 8.06. The second-order valence-corrected chi connectivity index (χ2v) is 7.13. The summed E-state index contributed by atoms with van der Waals surface area (Å²) in [7, 11) is 1.38. The van der Waals surface area contributed by atoms with Gasteiger partial charge < -0.3 is 18.9 Å². The van der Waals surface area contributed by atoms with Gasteiger partial charge >= 0.3 is 11.9 Å². The number of esters is 2. The van der Waals surface area contributed by atoms with Gasteiger partial charge in [0.15, 0.2) is 11.5 Å². The quantitative estimate of drug-likeness (QED) is 0.149. The van der Waals surface area contributed by atoms with Gasteiger partial charge in [0, 0.05) is 0 Å². The minimum Gasteiger partial charge on any atom is -0.494 e. The Morgan fingerprint density at radius 2 is 1.51 bits per heavy atom. The molecule has 0 amide bonds. The van der Waals surface area contributed by atoms with E-state index >= 15 is 0 Å². The molecule has 0 aliphatic rings. The molecule has 0 saturated carbocycles. The summed E-state index contributed by atoms with van der Waals surface area (Å²) in [4.78, 5) is 24.4. The van der Waals surface area contributed by atoms with Crippen molar-refractivity contribution < 1.29 is 28.5 Å². The number of nitrogens with zero attached hydrogens (tertiary/aromatic N) is 2. The van der Waals surface area contributed by atoms with E-state index in [0.29, 0.717) is 23.5 Å². The minimum atomic E-state index is -0.860. The van der Waals surface area contributed by atoms with Gasteiger partial charge in [-0.2, -0.15) is 10.5 Å². The zero-order valence-electron chi connectivity index (χ0n) is 19.9. The van der Waals surface area contributed by atoms with Crippen molar-refractivity contribution in [3.8, 4) is 29.4 Å². The molecule has 0 aromatic heterocycles. The number of carbonyl (C=O) groups is 2. The van der Waals surface area contributed by atoms with Crippen molar-refractivity contribution in [1.82, 2.24) is 0 Å². The average molecular weight is 475 g/mol. The lowest BCUT2D eigenvalue weighted by Crippen LogP contribution is -2.11. The third-order valence-electron chi connectivity index (χ3n) is 4.62. The number of carbonyl (C=O) groups excluding carboxylic acids is 2. The first-order valence-electron chi connectivity index (χ1n) is 11.0. The Morgan fingerprint density at radius 3 is 2.11 bits per heavy atom. The van der Waals surface area contributed by atoms with Gasteiger partial charge in [0.25, 0.3) is 0 Å². The van der Waals surface area contributed by atoms with E-state index in [1.807, 2.05) is 6.07 Å². The van der Waals surface area contributed by atoms with Gasteiger partial charge in [-0.25, -0.2) is 9.59 Å². The second-order valence-electron chi connectivity index (χ2n) is 7.13. The number of methoxy groups -OCH3 is 1. The van der Waals surface area contributed by atoms with Crippen LogP contribution in [0, 0.1) is 22.7 Å². The first-order valence-corrected chi connectivity index (χ1v) is 11.0. The summed E-state index contributed by atoms with van der Waals surface area (Å²) in [5.41, 5.74) is 0.709. The largest absolute Gasteiger partial charge is 0.494 e. The van der Waals surface area contributed by atoms with Gasteiger partial charge in [0.2, 0.25) is 0 Å². The van der Waals surface area contributed by atoms with E-state index in [1.54, 1.807) is 37.3 Å². The summed E-state index contributed by atoms with van der Waals surface area (Å²) >= 11 is 0. The van der Waals surface area contributed by atoms with Gasteiger partial charge in [-0.05, 0) is 60.9 Å². The van der Waals surface area contributed by atoms with E-state index in [9.17, 15) is 20.1 Å². The maximum atomic E-state index is 12.6. The Balaban J connectivity index is 2.19. The first-order chi connectivity index (χ1) is 16.9. The zero-order chi connectivity index (χ0) is 25.6. The van der Waals surface area contributed by atoms with Crippen molar-refractivity contribution in [2.45, 2.75) is 26.7 Å². The van der Waals surface area contributed by atoms with Crippen molar-refractivity contribution in [2.24, 2.45) is 0 Å². The van der Waals surface area contributed by atoms with Crippen molar-refractivity contribution in [1.29, 1.82) is 10.5 Å². The number of hydrogen-bond acceptors (Lipinski definition) is 8. The van der Waals surface area contributed by atoms with Crippen molar-refractivity contribution in [3.05, 3.63) is 64.7 Å². The molecule has 8 heteroatoms. The molecule has 35 heavy (non-hydrogen) atoms. The van der Waals surface area contributed by atoms with E-state index in [-0.39, 0.29) is 29.3 Å². The van der Waals surface area contributed by atoms with Gasteiger partial charge in [-0.1, -0.05) is 31.5 Å². The molecule has 180 valence electrons. The number of ether oxygens (including phenoxy) is 4. The highest BCUT2D eigenvalue weighted by Crippen LogP contribution is 2.30. The summed E-state index contributed by atoms with van der Waals surface area (Å²) in [6.45, 7) is 4.48. The van der Waals surface area contributed by atoms with E-state index in [2.05, 4.69) is 6.92 Å². The summed E-state index contributed by atoms with van der Waals surface area (Å²) in [5, 5.41) is 18.7. The van der Waals surface area contributed by atoms with Crippen LogP contribution >= 0.6 is 0 Å². The van der Waals surface area contributed by atoms with Crippen LogP contribution < -0.4 is 14.2 Å². The van der Waals surface area contributed by atoms with Gasteiger partial charge in [-0.15, -0.1) is 0 Å². The molecule has 2 aromatic carbocycles. The van der Waals surface area contributed by atoms with E-state index in [0.717, 1.165) is 12.8 Å². The molecule has 0 atom stereocenters. The molecule has 0 spiro atoms. The number of unbranched alkanes of at least 4 members (excludes halogenated alkanes) is 1. The number of nitriles is 2. The highest BCUT2D eigenvalue weighted by atomic mass is 16.6. The molecule has 0 saturated heterocycles. The molecule has 8 nitrogen and oxygen atoms in total. The van der Waals surface area contributed by atoms with Crippen LogP contribution in [0.3, 0.4) is 0 Å². The lowest BCUT2D eigenvalue weighted by Gasteiger charge is -2.10. The third-order valence-corrected chi connectivity index (χ3v) is 4.62. The summed E-state index contributed by atoms with van der Waals surface area (Å²) in [5.74, 6) is -0.641. The van der Waals surface area contributed by atoms with Gasteiger partial charge in [-0.3, -0.25) is 0 Å². The lowest BCUT2D eigenvalue weighted by molar-refractivity contribution is -0.138. The number of rotatable bonds is 11. The van der Waals surface area contributed by atoms with Crippen molar-refractivity contribution in [3.63, 3.8) is 0 Å². The van der Waals surface area contributed by atoms with Gasteiger partial charge in [0.1, 0.15) is 29.0 Å². The molecule has 0 N–H and O–H groups in total. The molecular weight excluding hydrogens is 448 g/mol. The molecule has 0 aliphatic carbocycles. The lowest BCUT2D eigenvalue weighted by atomic mass is 10.1. The van der Waals surface area contributed by atoms with Crippen LogP contribution in [0.2, 0.25) is 0 Å². The molecule has 0 aliphatic heterocycles. The molecule has 0 heterocycles. The van der Waals surface area contributed by atoms with Crippen LogP contribution in [0.1, 0.15) is 37.8 Å². The molecule has 0 unspecified atom stereocenters. The molecule has 2 aromatic rings. The normalized spacial score (nSPS) is 11.1. The molecule has 0 radical (unpaired) electrons. The van der Waals surface area contributed by atoms with Crippen molar-refractivity contribution >= 4 is 24.1 Å². The summed E-state index contributed by atoms with van der Waals surface area (Å²) in [6.07, 6.45) is 4.74. The number of hydrogen-bond donors (Lipinski definition) is 0. The number of benzene rings is 2. The zero-order valence-corrected chi connectivity index (χ0v) is 19.9. The fraction of sp³-hybridized carbons (Fsp3) is 0.259. The predicted octanol–water partition coefficient (Wildman–Crippen LogP) is 4.86. The Labute approximate surface area is 204 Å².